The Morgan fingerprint density at radius 2 is 2.33 bits per heavy atom. The molecule has 0 saturated carbocycles. The quantitative estimate of drug-likeness (QED) is 0.783. The molecule has 3 aromatic rings. The Kier molecular flexibility index (Phi) is 3.64. The molecule has 1 atom stereocenters. The van der Waals surface area contributed by atoms with E-state index in [1.165, 1.54) is 6.20 Å². The number of aromatic carboxylic acids is 1. The number of carbonyl (C=O) groups is 1. The highest BCUT2D eigenvalue weighted by atomic mass is 16.4. The molecule has 1 unspecified atom stereocenters. The molecular weight excluding hydrogens is 310 g/mol. The molecule has 8 heteroatoms. The van der Waals surface area contributed by atoms with Crippen LogP contribution in [0.1, 0.15) is 23.3 Å². The third-order valence-corrected chi connectivity index (χ3v) is 4.38. The molecule has 0 amide bonds. The molecule has 0 radical (unpaired) electrons. The maximum atomic E-state index is 10.9. The lowest BCUT2D eigenvalue weighted by atomic mass is 9.98. The van der Waals surface area contributed by atoms with E-state index in [1.54, 1.807) is 17.1 Å². The number of anilines is 1. The van der Waals surface area contributed by atoms with Gasteiger partial charge in [0.15, 0.2) is 5.69 Å². The van der Waals surface area contributed by atoms with Crippen LogP contribution in [0.15, 0.2) is 35.2 Å². The van der Waals surface area contributed by atoms with Crippen LogP contribution in [0.4, 0.5) is 5.82 Å². The number of hydrogen-bond donors (Lipinski definition) is 1. The van der Waals surface area contributed by atoms with Gasteiger partial charge in [0.2, 0.25) is 0 Å². The summed E-state index contributed by atoms with van der Waals surface area (Å²) >= 11 is 0. The highest BCUT2D eigenvalue weighted by Gasteiger charge is 2.23. The minimum atomic E-state index is -1.05. The fourth-order valence-corrected chi connectivity index (χ4v) is 3.29. The van der Waals surface area contributed by atoms with Crippen LogP contribution >= 0.6 is 0 Å². The third-order valence-electron chi connectivity index (χ3n) is 4.38. The molecule has 24 heavy (non-hydrogen) atoms. The summed E-state index contributed by atoms with van der Waals surface area (Å²) in [6, 6.07) is 3.81. The van der Waals surface area contributed by atoms with E-state index in [9.17, 15) is 4.79 Å². The average molecular weight is 327 g/mol. The van der Waals surface area contributed by atoms with Crippen LogP contribution in [-0.4, -0.2) is 44.1 Å². The molecule has 124 valence electrons. The SMILES string of the molecule is O=C(O)c1cn(CC2CCCN(c3nccc4occc34)C2)nn1. The standard InChI is InChI=1S/C16H17N5O3/c22-16(23)13-10-21(19-18-13)9-11-2-1-6-20(8-11)15-12-4-7-24-14(12)3-5-17-15/h3-5,7,10-11H,1-2,6,8-9H2,(H,22,23). The van der Waals surface area contributed by atoms with E-state index in [-0.39, 0.29) is 5.69 Å². The molecule has 1 aliphatic rings. The summed E-state index contributed by atoms with van der Waals surface area (Å²) in [7, 11) is 0. The molecule has 0 aliphatic carbocycles. The van der Waals surface area contributed by atoms with Gasteiger partial charge >= 0.3 is 5.97 Å². The number of carboxylic acids is 1. The van der Waals surface area contributed by atoms with Gasteiger partial charge in [-0.05, 0) is 30.9 Å². The fourth-order valence-electron chi connectivity index (χ4n) is 3.29. The minimum absolute atomic E-state index is 0.0208. The largest absolute Gasteiger partial charge is 0.476 e. The zero-order valence-electron chi connectivity index (χ0n) is 13.0. The van der Waals surface area contributed by atoms with E-state index in [1.807, 2.05) is 12.1 Å². The predicted molar refractivity (Wildman–Crippen MR) is 85.9 cm³/mol. The van der Waals surface area contributed by atoms with E-state index in [4.69, 9.17) is 9.52 Å². The Morgan fingerprint density at radius 1 is 1.42 bits per heavy atom. The maximum absolute atomic E-state index is 10.9. The summed E-state index contributed by atoms with van der Waals surface area (Å²) in [6.45, 7) is 2.45. The summed E-state index contributed by atoms with van der Waals surface area (Å²) in [4.78, 5) is 17.7. The summed E-state index contributed by atoms with van der Waals surface area (Å²) in [6.07, 6.45) is 7.05. The van der Waals surface area contributed by atoms with Gasteiger partial charge in [0, 0.05) is 25.8 Å². The number of rotatable bonds is 4. The van der Waals surface area contributed by atoms with Crippen LogP contribution < -0.4 is 4.90 Å². The molecule has 4 rings (SSSR count). The lowest BCUT2D eigenvalue weighted by Crippen LogP contribution is -2.37. The molecule has 1 saturated heterocycles. The van der Waals surface area contributed by atoms with Crippen LogP contribution in [0.25, 0.3) is 11.0 Å². The van der Waals surface area contributed by atoms with Crippen molar-refractivity contribution in [1.29, 1.82) is 0 Å². The van der Waals surface area contributed by atoms with Crippen molar-refractivity contribution in [2.75, 3.05) is 18.0 Å². The van der Waals surface area contributed by atoms with Crippen molar-refractivity contribution >= 4 is 22.8 Å². The van der Waals surface area contributed by atoms with Gasteiger partial charge in [-0.1, -0.05) is 5.21 Å². The van der Waals surface area contributed by atoms with E-state index in [0.717, 1.165) is 42.7 Å². The molecule has 0 aromatic carbocycles. The Hall–Kier alpha value is -2.90. The van der Waals surface area contributed by atoms with Crippen LogP contribution in [-0.2, 0) is 6.54 Å². The summed E-state index contributed by atoms with van der Waals surface area (Å²) < 4.78 is 7.07. The smallest absolute Gasteiger partial charge is 0.358 e. The number of hydrogen-bond acceptors (Lipinski definition) is 6. The minimum Gasteiger partial charge on any atom is -0.476 e. The van der Waals surface area contributed by atoms with Crippen molar-refractivity contribution < 1.29 is 14.3 Å². The van der Waals surface area contributed by atoms with Gasteiger partial charge in [-0.3, -0.25) is 4.68 Å². The highest BCUT2D eigenvalue weighted by Crippen LogP contribution is 2.29. The lowest BCUT2D eigenvalue weighted by Gasteiger charge is -2.33. The van der Waals surface area contributed by atoms with E-state index >= 15 is 0 Å². The number of nitrogens with zero attached hydrogens (tertiary/aromatic N) is 5. The van der Waals surface area contributed by atoms with Gasteiger partial charge in [0.05, 0.1) is 17.8 Å². The first-order valence-electron chi connectivity index (χ1n) is 7.91. The first-order chi connectivity index (χ1) is 11.7. The number of aromatic nitrogens is 4. The van der Waals surface area contributed by atoms with Gasteiger partial charge in [-0.25, -0.2) is 9.78 Å². The Morgan fingerprint density at radius 3 is 3.17 bits per heavy atom. The van der Waals surface area contributed by atoms with Gasteiger partial charge in [-0.2, -0.15) is 0 Å². The van der Waals surface area contributed by atoms with Gasteiger partial charge in [-0.15, -0.1) is 5.10 Å². The molecule has 1 N–H and O–H groups in total. The number of fused-ring (bicyclic) bond motifs is 1. The lowest BCUT2D eigenvalue weighted by molar-refractivity contribution is 0.0690. The summed E-state index contributed by atoms with van der Waals surface area (Å²) in [5.41, 5.74) is 0.817. The molecule has 0 spiro atoms. The number of carboxylic acid groups (broad SMARTS) is 1. The zero-order valence-corrected chi connectivity index (χ0v) is 13.0. The number of piperidine rings is 1. The van der Waals surface area contributed by atoms with Gasteiger partial charge in [0.1, 0.15) is 11.4 Å². The Labute approximate surface area is 137 Å². The summed E-state index contributed by atoms with van der Waals surface area (Å²) in [5.74, 6) is 0.254. The predicted octanol–water partition coefficient (Wildman–Crippen LogP) is 2.03. The average Bonchev–Trinajstić information content (AvgIpc) is 3.23. The van der Waals surface area contributed by atoms with E-state index < -0.39 is 5.97 Å². The molecule has 1 aliphatic heterocycles. The van der Waals surface area contributed by atoms with Crippen molar-refractivity contribution in [3.8, 4) is 0 Å². The second kappa shape index (κ2) is 5.95. The summed E-state index contributed by atoms with van der Waals surface area (Å²) in [5, 5.41) is 17.5. The Bertz CT molecular complexity index is 871. The maximum Gasteiger partial charge on any atom is 0.358 e. The topological polar surface area (TPSA) is 97.3 Å². The van der Waals surface area contributed by atoms with Crippen LogP contribution in [0.3, 0.4) is 0 Å². The first kappa shape index (κ1) is 14.7. The van der Waals surface area contributed by atoms with Crippen molar-refractivity contribution in [2.24, 2.45) is 5.92 Å². The van der Waals surface area contributed by atoms with Crippen molar-refractivity contribution in [1.82, 2.24) is 20.0 Å². The zero-order chi connectivity index (χ0) is 16.5. The van der Waals surface area contributed by atoms with Crippen LogP contribution in [0, 0.1) is 5.92 Å². The molecule has 3 aromatic heterocycles. The third kappa shape index (κ3) is 2.70. The van der Waals surface area contributed by atoms with Crippen molar-refractivity contribution in [3.63, 3.8) is 0 Å². The Balaban J connectivity index is 1.51. The van der Waals surface area contributed by atoms with Gasteiger partial charge < -0.3 is 14.4 Å². The molecule has 0 bridgehead atoms. The van der Waals surface area contributed by atoms with Gasteiger partial charge in [0.25, 0.3) is 0 Å². The van der Waals surface area contributed by atoms with E-state index in [0.29, 0.717) is 12.5 Å². The first-order valence-corrected chi connectivity index (χ1v) is 7.91. The van der Waals surface area contributed by atoms with Crippen LogP contribution in [0.5, 0.6) is 0 Å². The van der Waals surface area contributed by atoms with Crippen LogP contribution in [0.2, 0.25) is 0 Å². The van der Waals surface area contributed by atoms with Crippen molar-refractivity contribution in [2.45, 2.75) is 19.4 Å². The normalized spacial score (nSPS) is 18.2. The highest BCUT2D eigenvalue weighted by molar-refractivity contribution is 5.88. The second-order valence-electron chi connectivity index (χ2n) is 6.05. The fraction of sp³-hybridized carbons (Fsp3) is 0.375. The molecule has 1 fully saturated rings. The second-order valence-corrected chi connectivity index (χ2v) is 6.05. The number of pyridine rings is 1. The molecule has 4 heterocycles. The monoisotopic (exact) mass is 327 g/mol. The molecule has 8 nitrogen and oxygen atoms in total. The van der Waals surface area contributed by atoms with Crippen molar-refractivity contribution in [3.05, 3.63) is 36.5 Å². The van der Waals surface area contributed by atoms with E-state index in [2.05, 4.69) is 20.2 Å². The number of furan rings is 1. The molecular formula is C16H17N5O3.